The van der Waals surface area contributed by atoms with Crippen molar-refractivity contribution in [3.05, 3.63) is 26.9 Å². The Kier molecular flexibility index (Phi) is 3.55. The van der Waals surface area contributed by atoms with E-state index in [-0.39, 0.29) is 4.60 Å². The molecule has 0 aliphatic rings. The molecule has 8 heteroatoms. The number of alkyl halides is 5. The first-order valence-corrected chi connectivity index (χ1v) is 4.62. The molecule has 0 radical (unpaired) electrons. The van der Waals surface area contributed by atoms with Crippen molar-refractivity contribution in [1.29, 1.82) is 0 Å². The molecular formula is C7H2BrClF5N. The average Bonchev–Trinajstić information content (AvgIpc) is 1.99. The van der Waals surface area contributed by atoms with Gasteiger partial charge in [-0.25, -0.2) is 13.8 Å². The van der Waals surface area contributed by atoms with Crippen LogP contribution in [0.15, 0.2) is 10.7 Å². The van der Waals surface area contributed by atoms with Gasteiger partial charge in [-0.3, -0.25) is 0 Å². The van der Waals surface area contributed by atoms with E-state index in [1.807, 2.05) is 0 Å². The molecule has 1 heterocycles. The molecule has 1 nitrogen and oxygen atoms in total. The molecule has 1 aromatic heterocycles. The zero-order valence-corrected chi connectivity index (χ0v) is 9.09. The summed E-state index contributed by atoms with van der Waals surface area (Å²) in [4.78, 5) is 2.95. The number of halogens is 7. The van der Waals surface area contributed by atoms with Crippen molar-refractivity contribution in [3.63, 3.8) is 0 Å². The van der Waals surface area contributed by atoms with Crippen LogP contribution in [0.2, 0.25) is 5.02 Å². The normalized spacial score (nSPS) is 12.3. The van der Waals surface area contributed by atoms with E-state index in [1.54, 1.807) is 0 Å². The third-order valence-corrected chi connectivity index (χ3v) is 2.18. The Morgan fingerprint density at radius 2 is 1.87 bits per heavy atom. The molecule has 0 aromatic carbocycles. The predicted molar refractivity (Wildman–Crippen MR) is 46.9 cm³/mol. The Morgan fingerprint density at radius 1 is 1.33 bits per heavy atom. The van der Waals surface area contributed by atoms with E-state index in [1.165, 1.54) is 0 Å². The third kappa shape index (κ3) is 2.78. The maximum absolute atomic E-state index is 12.3. The van der Waals surface area contributed by atoms with Crippen molar-refractivity contribution in [2.45, 2.75) is 12.6 Å². The third-order valence-electron chi connectivity index (χ3n) is 1.46. The molecule has 84 valence electrons. The zero-order chi connectivity index (χ0) is 11.8. The van der Waals surface area contributed by atoms with Gasteiger partial charge in [0.25, 0.3) is 6.43 Å². The molecule has 0 unspecified atom stereocenters. The monoisotopic (exact) mass is 309 g/mol. The second-order valence-corrected chi connectivity index (χ2v) is 3.71. The van der Waals surface area contributed by atoms with Crippen molar-refractivity contribution >= 4 is 27.5 Å². The molecular weight excluding hydrogens is 308 g/mol. The van der Waals surface area contributed by atoms with Gasteiger partial charge in [0, 0.05) is 0 Å². The first kappa shape index (κ1) is 12.6. The van der Waals surface area contributed by atoms with Crippen LogP contribution in [0, 0.1) is 0 Å². The number of pyridine rings is 1. The Balaban J connectivity index is 3.47. The van der Waals surface area contributed by atoms with Crippen molar-refractivity contribution in [1.82, 2.24) is 4.98 Å². The summed E-state index contributed by atoms with van der Waals surface area (Å²) < 4.78 is 61.3. The molecule has 0 amide bonds. The Morgan fingerprint density at radius 3 is 2.27 bits per heavy atom. The molecule has 0 fully saturated rings. The van der Waals surface area contributed by atoms with E-state index >= 15 is 0 Å². The van der Waals surface area contributed by atoms with Crippen molar-refractivity contribution < 1.29 is 22.0 Å². The summed E-state index contributed by atoms with van der Waals surface area (Å²) in [5.41, 5.74) is -2.97. The Labute approximate surface area is 94.4 Å². The highest BCUT2D eigenvalue weighted by molar-refractivity contribution is 9.10. The summed E-state index contributed by atoms with van der Waals surface area (Å²) in [6, 6.07) is 0.887. The van der Waals surface area contributed by atoms with Crippen LogP contribution in [0.3, 0.4) is 0 Å². The first-order valence-electron chi connectivity index (χ1n) is 3.44. The smallest absolute Gasteiger partial charge is 0.236 e. The van der Waals surface area contributed by atoms with Gasteiger partial charge in [-0.15, -0.1) is 0 Å². The molecule has 0 saturated heterocycles. The van der Waals surface area contributed by atoms with Gasteiger partial charge in [0.05, 0.1) is 10.6 Å². The van der Waals surface area contributed by atoms with Gasteiger partial charge in [0.2, 0.25) is 0 Å². The van der Waals surface area contributed by atoms with Crippen LogP contribution in [-0.4, -0.2) is 4.98 Å². The summed E-state index contributed by atoms with van der Waals surface area (Å²) in [5, 5.41) is -0.667. The summed E-state index contributed by atoms with van der Waals surface area (Å²) in [6.07, 6.45) is -8.28. The Hall–Kier alpha value is -0.430. The SMILES string of the molecule is FC(F)c1c(Cl)cc(Br)nc1C(F)(F)F. The minimum absolute atomic E-state index is 0.246. The number of hydrogen-bond donors (Lipinski definition) is 0. The molecule has 0 aliphatic heterocycles. The molecule has 0 atom stereocenters. The quantitative estimate of drug-likeness (QED) is 0.551. The van der Waals surface area contributed by atoms with E-state index in [0.29, 0.717) is 0 Å². The van der Waals surface area contributed by atoms with E-state index in [4.69, 9.17) is 11.6 Å². The fourth-order valence-electron chi connectivity index (χ4n) is 0.918. The molecule has 0 aliphatic carbocycles. The van der Waals surface area contributed by atoms with Gasteiger partial charge in [-0.2, -0.15) is 13.2 Å². The molecule has 1 aromatic rings. The van der Waals surface area contributed by atoms with E-state index in [9.17, 15) is 22.0 Å². The number of aromatic nitrogens is 1. The lowest BCUT2D eigenvalue weighted by Gasteiger charge is -2.12. The lowest BCUT2D eigenvalue weighted by Crippen LogP contribution is -2.13. The van der Waals surface area contributed by atoms with Crippen LogP contribution in [0.25, 0.3) is 0 Å². The van der Waals surface area contributed by atoms with Crippen LogP contribution < -0.4 is 0 Å². The van der Waals surface area contributed by atoms with Gasteiger partial charge >= 0.3 is 6.18 Å². The maximum atomic E-state index is 12.3. The second-order valence-electron chi connectivity index (χ2n) is 2.49. The summed E-state index contributed by atoms with van der Waals surface area (Å²) in [5.74, 6) is 0. The highest BCUT2D eigenvalue weighted by Gasteiger charge is 2.39. The highest BCUT2D eigenvalue weighted by Crippen LogP contribution is 2.39. The van der Waals surface area contributed by atoms with Gasteiger partial charge in [0.1, 0.15) is 4.60 Å². The number of rotatable bonds is 1. The first-order chi connectivity index (χ1) is 6.73. The maximum Gasteiger partial charge on any atom is 0.433 e. The van der Waals surface area contributed by atoms with Crippen molar-refractivity contribution in [2.24, 2.45) is 0 Å². The highest BCUT2D eigenvalue weighted by atomic mass is 79.9. The molecule has 0 bridgehead atoms. The van der Waals surface area contributed by atoms with Crippen LogP contribution in [0.4, 0.5) is 22.0 Å². The average molecular weight is 310 g/mol. The zero-order valence-electron chi connectivity index (χ0n) is 6.75. The second kappa shape index (κ2) is 4.21. The minimum atomic E-state index is -4.96. The van der Waals surface area contributed by atoms with E-state index in [0.717, 1.165) is 6.07 Å². The van der Waals surface area contributed by atoms with Crippen LogP contribution >= 0.6 is 27.5 Å². The van der Waals surface area contributed by atoms with Crippen LogP contribution in [0.1, 0.15) is 17.7 Å². The molecule has 1 rings (SSSR count). The van der Waals surface area contributed by atoms with Crippen LogP contribution in [-0.2, 0) is 6.18 Å². The summed E-state index contributed by atoms with van der Waals surface area (Å²) in [6.45, 7) is 0. The van der Waals surface area contributed by atoms with Crippen LogP contribution in [0.5, 0.6) is 0 Å². The predicted octanol–water partition coefficient (Wildman–Crippen LogP) is 4.45. The van der Waals surface area contributed by atoms with Gasteiger partial charge in [0.15, 0.2) is 5.69 Å². The summed E-state index contributed by atoms with van der Waals surface area (Å²) in [7, 11) is 0. The number of hydrogen-bond acceptors (Lipinski definition) is 1. The summed E-state index contributed by atoms with van der Waals surface area (Å²) >= 11 is 7.93. The lowest BCUT2D eigenvalue weighted by molar-refractivity contribution is -0.143. The van der Waals surface area contributed by atoms with Crippen molar-refractivity contribution in [2.75, 3.05) is 0 Å². The van der Waals surface area contributed by atoms with Gasteiger partial charge < -0.3 is 0 Å². The van der Waals surface area contributed by atoms with E-state index < -0.39 is 28.9 Å². The fourth-order valence-corrected chi connectivity index (χ4v) is 1.73. The van der Waals surface area contributed by atoms with E-state index in [2.05, 4.69) is 20.9 Å². The van der Waals surface area contributed by atoms with Crippen molar-refractivity contribution in [3.8, 4) is 0 Å². The minimum Gasteiger partial charge on any atom is -0.236 e. The largest absolute Gasteiger partial charge is 0.433 e. The topological polar surface area (TPSA) is 12.9 Å². The van der Waals surface area contributed by atoms with Gasteiger partial charge in [-0.1, -0.05) is 11.6 Å². The lowest BCUT2D eigenvalue weighted by atomic mass is 10.2. The standard InChI is InChI=1S/C7H2BrClF5N/c8-3-1-2(9)4(6(10)11)5(15-3)7(12,13)14/h1,6H. The molecule has 0 spiro atoms. The molecule has 15 heavy (non-hydrogen) atoms. The van der Waals surface area contributed by atoms with Gasteiger partial charge in [-0.05, 0) is 22.0 Å². The number of nitrogens with zero attached hydrogens (tertiary/aromatic N) is 1. The molecule has 0 N–H and O–H groups in total. The fraction of sp³-hybridized carbons (Fsp3) is 0.286. The molecule has 0 saturated carbocycles. The Bertz CT molecular complexity index is 378.